The highest BCUT2D eigenvalue weighted by atomic mass is 35.5. The molecule has 0 saturated heterocycles. The SMILES string of the molecule is O=[N+]([O-])c1cc(Cl)nc(Oc2cccc3ncccc23)c1. The molecule has 0 radical (unpaired) electrons. The lowest BCUT2D eigenvalue weighted by molar-refractivity contribution is -0.385. The lowest BCUT2D eigenvalue weighted by Crippen LogP contribution is -1.94. The number of ether oxygens (including phenoxy) is 1. The Bertz CT molecular complexity index is 833. The molecule has 0 atom stereocenters. The van der Waals surface area contributed by atoms with Crippen molar-refractivity contribution in [1.29, 1.82) is 0 Å². The molecule has 7 heteroatoms. The zero-order valence-corrected chi connectivity index (χ0v) is 11.3. The van der Waals surface area contributed by atoms with E-state index in [1.165, 1.54) is 12.1 Å². The Morgan fingerprint density at radius 3 is 2.86 bits per heavy atom. The second kappa shape index (κ2) is 5.34. The number of nitrogens with zero attached hydrogens (tertiary/aromatic N) is 3. The third-order valence-corrected chi connectivity index (χ3v) is 2.98. The zero-order valence-electron chi connectivity index (χ0n) is 10.6. The molecule has 0 unspecified atom stereocenters. The summed E-state index contributed by atoms with van der Waals surface area (Å²) in [5.74, 6) is 0.565. The van der Waals surface area contributed by atoms with E-state index >= 15 is 0 Å². The number of halogens is 1. The molecule has 2 aromatic heterocycles. The van der Waals surface area contributed by atoms with Crippen LogP contribution in [0.15, 0.2) is 48.7 Å². The third kappa shape index (κ3) is 2.75. The van der Waals surface area contributed by atoms with Crippen LogP contribution in [0.4, 0.5) is 5.69 Å². The Hall–Kier alpha value is -2.73. The average molecular weight is 302 g/mol. The second-order valence-electron chi connectivity index (χ2n) is 4.17. The predicted octanol–water partition coefficient (Wildman–Crippen LogP) is 3.98. The fraction of sp³-hybridized carbons (Fsp3) is 0. The Morgan fingerprint density at radius 1 is 1.19 bits per heavy atom. The molecular weight excluding hydrogens is 294 g/mol. The van der Waals surface area contributed by atoms with Gasteiger partial charge in [-0.25, -0.2) is 4.98 Å². The van der Waals surface area contributed by atoms with E-state index in [4.69, 9.17) is 16.3 Å². The minimum atomic E-state index is -0.551. The van der Waals surface area contributed by atoms with E-state index < -0.39 is 4.92 Å². The summed E-state index contributed by atoms with van der Waals surface area (Å²) >= 11 is 5.77. The lowest BCUT2D eigenvalue weighted by atomic mass is 10.2. The number of benzene rings is 1. The lowest BCUT2D eigenvalue weighted by Gasteiger charge is -2.07. The molecule has 104 valence electrons. The molecule has 3 rings (SSSR count). The molecule has 0 N–H and O–H groups in total. The molecule has 0 aliphatic rings. The Balaban J connectivity index is 2.05. The van der Waals surface area contributed by atoms with Gasteiger partial charge in [-0.2, -0.15) is 0 Å². The highest BCUT2D eigenvalue weighted by Crippen LogP contribution is 2.30. The number of nitro groups is 1. The van der Waals surface area contributed by atoms with Crippen LogP contribution in [0.2, 0.25) is 5.15 Å². The molecule has 0 aliphatic carbocycles. The summed E-state index contributed by atoms with van der Waals surface area (Å²) in [6, 6.07) is 11.4. The highest BCUT2D eigenvalue weighted by Gasteiger charge is 2.12. The van der Waals surface area contributed by atoms with Gasteiger partial charge >= 0.3 is 0 Å². The summed E-state index contributed by atoms with van der Waals surface area (Å²) in [4.78, 5) is 18.4. The van der Waals surface area contributed by atoms with Gasteiger partial charge in [0.2, 0.25) is 5.88 Å². The molecule has 0 fully saturated rings. The van der Waals surface area contributed by atoms with Gasteiger partial charge in [0.15, 0.2) is 0 Å². The van der Waals surface area contributed by atoms with Crippen LogP contribution in [0.1, 0.15) is 0 Å². The number of rotatable bonds is 3. The first kappa shape index (κ1) is 13.3. The quantitative estimate of drug-likeness (QED) is 0.415. The van der Waals surface area contributed by atoms with Gasteiger partial charge in [-0.15, -0.1) is 0 Å². The molecule has 6 nitrogen and oxygen atoms in total. The van der Waals surface area contributed by atoms with Crippen LogP contribution in [-0.4, -0.2) is 14.9 Å². The molecule has 1 aromatic carbocycles. The largest absolute Gasteiger partial charge is 0.438 e. The number of hydrogen-bond donors (Lipinski definition) is 0. The molecule has 3 aromatic rings. The first-order chi connectivity index (χ1) is 10.1. The van der Waals surface area contributed by atoms with Crippen LogP contribution >= 0.6 is 11.6 Å². The summed E-state index contributed by atoms with van der Waals surface area (Å²) in [6.07, 6.45) is 1.68. The fourth-order valence-electron chi connectivity index (χ4n) is 1.89. The maximum atomic E-state index is 10.8. The molecule has 2 heterocycles. The van der Waals surface area contributed by atoms with Crippen molar-refractivity contribution in [3.8, 4) is 11.6 Å². The van der Waals surface area contributed by atoms with Gasteiger partial charge in [-0.3, -0.25) is 15.1 Å². The van der Waals surface area contributed by atoms with Gasteiger partial charge in [0.1, 0.15) is 10.9 Å². The van der Waals surface area contributed by atoms with Gasteiger partial charge in [0, 0.05) is 11.6 Å². The summed E-state index contributed by atoms with van der Waals surface area (Å²) < 4.78 is 5.62. The van der Waals surface area contributed by atoms with E-state index in [0.717, 1.165) is 10.9 Å². The summed E-state index contributed by atoms with van der Waals surface area (Å²) in [6.45, 7) is 0. The van der Waals surface area contributed by atoms with Gasteiger partial charge in [-0.1, -0.05) is 17.7 Å². The smallest absolute Gasteiger partial charge is 0.277 e. The topological polar surface area (TPSA) is 78.2 Å². The Morgan fingerprint density at radius 2 is 2.05 bits per heavy atom. The van der Waals surface area contributed by atoms with Crippen molar-refractivity contribution in [2.24, 2.45) is 0 Å². The molecule has 0 bridgehead atoms. The van der Waals surface area contributed by atoms with Crippen LogP contribution in [0, 0.1) is 10.1 Å². The minimum absolute atomic E-state index is 0.00226. The van der Waals surface area contributed by atoms with Gasteiger partial charge in [0.25, 0.3) is 5.69 Å². The zero-order chi connectivity index (χ0) is 14.8. The fourth-order valence-corrected chi connectivity index (χ4v) is 2.09. The average Bonchev–Trinajstić information content (AvgIpc) is 2.47. The number of pyridine rings is 2. The normalized spacial score (nSPS) is 10.5. The molecule has 0 aliphatic heterocycles. The number of hydrogen-bond acceptors (Lipinski definition) is 5. The molecule has 0 amide bonds. The second-order valence-corrected chi connectivity index (χ2v) is 4.56. The van der Waals surface area contributed by atoms with Crippen molar-refractivity contribution < 1.29 is 9.66 Å². The van der Waals surface area contributed by atoms with Crippen LogP contribution in [0.25, 0.3) is 10.9 Å². The van der Waals surface area contributed by atoms with Crippen molar-refractivity contribution in [3.63, 3.8) is 0 Å². The van der Waals surface area contributed by atoms with E-state index in [0.29, 0.717) is 5.75 Å². The summed E-state index contributed by atoms with van der Waals surface area (Å²) in [5, 5.41) is 11.6. The van der Waals surface area contributed by atoms with E-state index in [-0.39, 0.29) is 16.7 Å². The van der Waals surface area contributed by atoms with E-state index in [2.05, 4.69) is 9.97 Å². The van der Waals surface area contributed by atoms with Crippen molar-refractivity contribution in [2.45, 2.75) is 0 Å². The van der Waals surface area contributed by atoms with E-state index in [1.54, 1.807) is 24.4 Å². The van der Waals surface area contributed by atoms with Crippen molar-refractivity contribution >= 4 is 28.2 Å². The number of aromatic nitrogens is 2. The van der Waals surface area contributed by atoms with Gasteiger partial charge < -0.3 is 4.74 Å². The van der Waals surface area contributed by atoms with Gasteiger partial charge in [-0.05, 0) is 24.3 Å². The van der Waals surface area contributed by atoms with E-state index in [9.17, 15) is 10.1 Å². The Kier molecular flexibility index (Phi) is 3.37. The predicted molar refractivity (Wildman–Crippen MR) is 77.7 cm³/mol. The minimum Gasteiger partial charge on any atom is -0.438 e. The molecule has 0 spiro atoms. The van der Waals surface area contributed by atoms with Crippen molar-refractivity contribution in [3.05, 3.63) is 63.9 Å². The molecule has 0 saturated carbocycles. The maximum absolute atomic E-state index is 10.8. The van der Waals surface area contributed by atoms with Crippen LogP contribution < -0.4 is 4.74 Å². The van der Waals surface area contributed by atoms with Crippen molar-refractivity contribution in [2.75, 3.05) is 0 Å². The van der Waals surface area contributed by atoms with Crippen LogP contribution in [0.3, 0.4) is 0 Å². The first-order valence-corrected chi connectivity index (χ1v) is 6.35. The first-order valence-electron chi connectivity index (χ1n) is 5.97. The van der Waals surface area contributed by atoms with Crippen LogP contribution in [0.5, 0.6) is 11.6 Å². The third-order valence-electron chi connectivity index (χ3n) is 2.79. The Labute approximate surface area is 124 Å². The number of fused-ring (bicyclic) bond motifs is 1. The van der Waals surface area contributed by atoms with Crippen LogP contribution in [-0.2, 0) is 0 Å². The standard InChI is InChI=1S/C14H8ClN3O3/c15-13-7-9(18(19)20)8-14(17-13)21-12-5-1-4-11-10(12)3-2-6-16-11/h1-8H. The summed E-state index contributed by atoms with van der Waals surface area (Å²) in [5.41, 5.74) is 0.579. The van der Waals surface area contributed by atoms with Crippen molar-refractivity contribution in [1.82, 2.24) is 9.97 Å². The molecule has 21 heavy (non-hydrogen) atoms. The molecular formula is C14H8ClN3O3. The summed E-state index contributed by atoms with van der Waals surface area (Å²) in [7, 11) is 0. The van der Waals surface area contributed by atoms with E-state index in [1.807, 2.05) is 12.1 Å². The maximum Gasteiger partial charge on any atom is 0.277 e. The van der Waals surface area contributed by atoms with Gasteiger partial charge in [0.05, 0.1) is 22.6 Å². The monoisotopic (exact) mass is 301 g/mol. The highest BCUT2D eigenvalue weighted by molar-refractivity contribution is 6.29.